The number of amides is 1. The zero-order chi connectivity index (χ0) is 20.5. The van der Waals surface area contributed by atoms with Crippen LogP contribution in [0.25, 0.3) is 5.69 Å². The summed E-state index contributed by atoms with van der Waals surface area (Å²) in [4.78, 5) is 12.5. The quantitative estimate of drug-likeness (QED) is 0.639. The van der Waals surface area contributed by atoms with E-state index in [4.69, 9.17) is 11.6 Å². The van der Waals surface area contributed by atoms with Gasteiger partial charge in [-0.05, 0) is 36.8 Å². The van der Waals surface area contributed by atoms with Crippen molar-refractivity contribution in [2.75, 3.05) is 0 Å². The van der Waals surface area contributed by atoms with Crippen molar-refractivity contribution in [1.82, 2.24) is 20.3 Å². The average Bonchev–Trinajstić information content (AvgIpc) is 3.07. The maximum Gasteiger partial charge on any atom is 0.435 e. The van der Waals surface area contributed by atoms with E-state index < -0.39 is 35.3 Å². The summed E-state index contributed by atoms with van der Waals surface area (Å²) in [5.74, 6) is -1.83. The van der Waals surface area contributed by atoms with Crippen molar-refractivity contribution < 1.29 is 22.4 Å². The van der Waals surface area contributed by atoms with Crippen molar-refractivity contribution in [3.63, 3.8) is 0 Å². The first-order valence-corrected chi connectivity index (χ1v) is 8.40. The fourth-order valence-corrected chi connectivity index (χ4v) is 2.95. The van der Waals surface area contributed by atoms with Gasteiger partial charge in [-0.2, -0.15) is 13.2 Å². The molecular formula is C18H13ClF4N4O. The Morgan fingerprint density at radius 3 is 2.54 bits per heavy atom. The van der Waals surface area contributed by atoms with Gasteiger partial charge in [0.2, 0.25) is 0 Å². The van der Waals surface area contributed by atoms with Gasteiger partial charge < -0.3 is 5.32 Å². The van der Waals surface area contributed by atoms with E-state index in [1.54, 1.807) is 31.2 Å². The van der Waals surface area contributed by atoms with Crippen LogP contribution in [0.1, 0.15) is 34.7 Å². The summed E-state index contributed by atoms with van der Waals surface area (Å²) in [5, 5.41) is 9.57. The highest BCUT2D eigenvalue weighted by Gasteiger charge is 2.42. The van der Waals surface area contributed by atoms with Crippen LogP contribution in [0.2, 0.25) is 5.02 Å². The Labute approximate surface area is 161 Å². The van der Waals surface area contributed by atoms with E-state index in [2.05, 4.69) is 15.6 Å². The van der Waals surface area contributed by atoms with Crippen molar-refractivity contribution in [3.8, 4) is 5.69 Å². The van der Waals surface area contributed by atoms with Gasteiger partial charge in [0, 0.05) is 5.02 Å². The van der Waals surface area contributed by atoms with Crippen molar-refractivity contribution in [3.05, 3.63) is 76.3 Å². The smallest absolute Gasteiger partial charge is 0.344 e. The van der Waals surface area contributed by atoms with Crippen LogP contribution >= 0.6 is 11.6 Å². The molecule has 1 unspecified atom stereocenters. The molecule has 0 radical (unpaired) electrons. The molecule has 0 saturated carbocycles. The summed E-state index contributed by atoms with van der Waals surface area (Å²) in [7, 11) is 0. The third-order valence-corrected chi connectivity index (χ3v) is 4.27. The van der Waals surface area contributed by atoms with Crippen LogP contribution in [0, 0.1) is 5.82 Å². The molecule has 1 atom stereocenters. The molecular weight excluding hydrogens is 400 g/mol. The molecule has 3 aromatic rings. The van der Waals surface area contributed by atoms with Gasteiger partial charge in [-0.1, -0.05) is 41.1 Å². The molecule has 0 aliphatic carbocycles. The molecule has 146 valence electrons. The number of carbonyl (C=O) groups excluding carboxylic acids is 1. The molecule has 1 aromatic heterocycles. The molecule has 3 rings (SSSR count). The predicted molar refractivity (Wildman–Crippen MR) is 93.7 cm³/mol. The molecule has 0 bridgehead atoms. The number of nitrogens with zero attached hydrogens (tertiary/aromatic N) is 3. The summed E-state index contributed by atoms with van der Waals surface area (Å²) in [6, 6.07) is 10.3. The normalized spacial score (nSPS) is 12.6. The summed E-state index contributed by atoms with van der Waals surface area (Å²) in [5.41, 5.74) is -2.00. The van der Waals surface area contributed by atoms with Crippen LogP contribution in [0.15, 0.2) is 48.5 Å². The lowest BCUT2D eigenvalue weighted by Crippen LogP contribution is -2.29. The molecule has 10 heteroatoms. The molecule has 1 heterocycles. The average molecular weight is 413 g/mol. The van der Waals surface area contributed by atoms with Crippen molar-refractivity contribution in [1.29, 1.82) is 0 Å². The monoisotopic (exact) mass is 412 g/mol. The number of hydrogen-bond donors (Lipinski definition) is 1. The van der Waals surface area contributed by atoms with E-state index in [0.29, 0.717) is 15.3 Å². The van der Waals surface area contributed by atoms with E-state index in [1.165, 1.54) is 12.1 Å². The molecule has 5 nitrogen and oxygen atoms in total. The maximum absolute atomic E-state index is 13.6. The molecule has 1 N–H and O–H groups in total. The fraction of sp³-hybridized carbons (Fsp3) is 0.167. The summed E-state index contributed by atoms with van der Waals surface area (Å²) in [6.07, 6.45) is -4.95. The minimum absolute atomic E-state index is 0.210. The van der Waals surface area contributed by atoms with Crippen LogP contribution in [-0.2, 0) is 6.18 Å². The molecule has 0 spiro atoms. The number of carbonyl (C=O) groups is 1. The topological polar surface area (TPSA) is 59.8 Å². The number of nitrogens with one attached hydrogen (secondary N) is 1. The van der Waals surface area contributed by atoms with Gasteiger partial charge in [-0.3, -0.25) is 4.79 Å². The number of halogens is 5. The van der Waals surface area contributed by atoms with Gasteiger partial charge in [-0.15, -0.1) is 5.10 Å². The lowest BCUT2D eigenvalue weighted by molar-refractivity contribution is -0.143. The van der Waals surface area contributed by atoms with E-state index in [0.717, 1.165) is 12.1 Å². The van der Waals surface area contributed by atoms with Gasteiger partial charge in [0.05, 0.1) is 11.7 Å². The Kier molecular flexibility index (Phi) is 5.37. The van der Waals surface area contributed by atoms with Crippen LogP contribution < -0.4 is 5.32 Å². The molecule has 0 aliphatic heterocycles. The molecule has 0 fully saturated rings. The van der Waals surface area contributed by atoms with Crippen LogP contribution in [0.3, 0.4) is 0 Å². The third kappa shape index (κ3) is 3.99. The zero-order valence-electron chi connectivity index (χ0n) is 14.3. The van der Waals surface area contributed by atoms with E-state index >= 15 is 0 Å². The van der Waals surface area contributed by atoms with Crippen molar-refractivity contribution in [2.45, 2.75) is 19.1 Å². The second-order valence-corrected chi connectivity index (χ2v) is 6.30. The van der Waals surface area contributed by atoms with E-state index in [-0.39, 0.29) is 5.69 Å². The Hall–Kier alpha value is -2.94. The Balaban J connectivity index is 1.98. The standard InChI is InChI=1S/C18H13ClF4N4O/c1-10(13-7-2-3-8-14(13)19)24-17(28)15-16(18(21,22)23)27(26-25-15)12-6-4-5-11(20)9-12/h2-10H,1H3,(H,24,28). The minimum Gasteiger partial charge on any atom is -0.344 e. The highest BCUT2D eigenvalue weighted by Crippen LogP contribution is 2.33. The highest BCUT2D eigenvalue weighted by molar-refractivity contribution is 6.31. The van der Waals surface area contributed by atoms with Crippen molar-refractivity contribution in [2.24, 2.45) is 0 Å². The molecule has 2 aromatic carbocycles. The van der Waals surface area contributed by atoms with Gasteiger partial charge in [0.1, 0.15) is 5.82 Å². The predicted octanol–water partition coefficient (Wildman–Crippen LogP) is 4.57. The highest BCUT2D eigenvalue weighted by atomic mass is 35.5. The molecule has 0 aliphatic rings. The number of rotatable bonds is 4. The second-order valence-electron chi connectivity index (χ2n) is 5.89. The number of hydrogen-bond acceptors (Lipinski definition) is 3. The number of alkyl halides is 3. The molecule has 1 amide bonds. The summed E-state index contributed by atoms with van der Waals surface area (Å²) in [6.45, 7) is 1.57. The minimum atomic E-state index is -4.95. The Bertz CT molecular complexity index is 1020. The Morgan fingerprint density at radius 2 is 1.89 bits per heavy atom. The summed E-state index contributed by atoms with van der Waals surface area (Å²) < 4.78 is 54.6. The van der Waals surface area contributed by atoms with Crippen LogP contribution in [-0.4, -0.2) is 20.9 Å². The first-order valence-electron chi connectivity index (χ1n) is 8.02. The van der Waals surface area contributed by atoms with E-state index in [9.17, 15) is 22.4 Å². The first-order chi connectivity index (χ1) is 13.2. The molecule has 0 saturated heterocycles. The van der Waals surface area contributed by atoms with E-state index in [1.807, 2.05) is 0 Å². The first kappa shape index (κ1) is 19.8. The fourth-order valence-electron chi connectivity index (χ4n) is 2.65. The lowest BCUT2D eigenvalue weighted by Gasteiger charge is -2.16. The Morgan fingerprint density at radius 1 is 1.18 bits per heavy atom. The molecule has 28 heavy (non-hydrogen) atoms. The van der Waals surface area contributed by atoms with Crippen LogP contribution in [0.4, 0.5) is 17.6 Å². The zero-order valence-corrected chi connectivity index (χ0v) is 15.1. The third-order valence-electron chi connectivity index (χ3n) is 3.93. The van der Waals surface area contributed by atoms with Gasteiger partial charge >= 0.3 is 6.18 Å². The van der Waals surface area contributed by atoms with Gasteiger partial charge in [0.15, 0.2) is 11.4 Å². The van der Waals surface area contributed by atoms with Crippen molar-refractivity contribution >= 4 is 17.5 Å². The summed E-state index contributed by atoms with van der Waals surface area (Å²) >= 11 is 6.05. The number of benzene rings is 2. The number of aromatic nitrogens is 3. The SMILES string of the molecule is CC(NC(=O)c1nnn(-c2cccc(F)c2)c1C(F)(F)F)c1ccccc1Cl. The maximum atomic E-state index is 13.6. The van der Waals surface area contributed by atoms with Crippen LogP contribution in [0.5, 0.6) is 0 Å². The second kappa shape index (κ2) is 7.59. The van der Waals surface area contributed by atoms with Gasteiger partial charge in [0.25, 0.3) is 5.91 Å². The largest absolute Gasteiger partial charge is 0.435 e. The van der Waals surface area contributed by atoms with Gasteiger partial charge in [-0.25, -0.2) is 9.07 Å². The lowest BCUT2D eigenvalue weighted by atomic mass is 10.1.